The highest BCUT2D eigenvalue weighted by Crippen LogP contribution is 2.48. The fourth-order valence-corrected chi connectivity index (χ4v) is 4.29. The normalized spacial score (nSPS) is 16.5. The van der Waals surface area contributed by atoms with Gasteiger partial charge in [-0.2, -0.15) is 5.10 Å². The van der Waals surface area contributed by atoms with Gasteiger partial charge < -0.3 is 15.2 Å². The van der Waals surface area contributed by atoms with Crippen LogP contribution in [-0.2, 0) is 17.9 Å². The van der Waals surface area contributed by atoms with Gasteiger partial charge in [0, 0.05) is 35.8 Å². The number of carbonyl (C=O) groups is 1. The molecule has 8 heteroatoms. The summed E-state index contributed by atoms with van der Waals surface area (Å²) < 4.78 is 1.67. The van der Waals surface area contributed by atoms with Crippen LogP contribution in [0.25, 0.3) is 0 Å². The van der Waals surface area contributed by atoms with Gasteiger partial charge in [-0.25, -0.2) is 0 Å². The molecule has 0 radical (unpaired) electrons. The van der Waals surface area contributed by atoms with Crippen LogP contribution in [0, 0.1) is 5.92 Å². The number of nitrogens with one attached hydrogen (secondary N) is 2. The van der Waals surface area contributed by atoms with Crippen LogP contribution in [0.15, 0.2) is 90.0 Å². The summed E-state index contributed by atoms with van der Waals surface area (Å²) in [4.78, 5) is 24.6. The molecule has 35 heavy (non-hydrogen) atoms. The first kappa shape index (κ1) is 22.8. The highest BCUT2D eigenvalue weighted by atomic mass is 35.5. The number of anilines is 2. The SMILES string of the molecule is O=C(Nc1cc(NCc2ccc(Cn3ccccc3=O)cc2)cnn1)[C@@H]1C[C@H]1c1cccc(Cl)c1. The van der Waals surface area contributed by atoms with E-state index in [0.29, 0.717) is 23.9 Å². The molecule has 2 heterocycles. The minimum Gasteiger partial charge on any atom is -0.380 e. The second-order valence-corrected chi connectivity index (χ2v) is 9.10. The van der Waals surface area contributed by atoms with Crippen LogP contribution >= 0.6 is 11.6 Å². The number of hydrogen-bond acceptors (Lipinski definition) is 5. The van der Waals surface area contributed by atoms with Gasteiger partial charge in [0.05, 0.1) is 18.4 Å². The maximum absolute atomic E-state index is 12.7. The summed E-state index contributed by atoms with van der Waals surface area (Å²) in [6.45, 7) is 1.12. The van der Waals surface area contributed by atoms with E-state index in [2.05, 4.69) is 20.8 Å². The monoisotopic (exact) mass is 485 g/mol. The van der Waals surface area contributed by atoms with Gasteiger partial charge >= 0.3 is 0 Å². The van der Waals surface area contributed by atoms with Gasteiger partial charge in [-0.1, -0.05) is 54.1 Å². The zero-order valence-electron chi connectivity index (χ0n) is 18.9. The van der Waals surface area contributed by atoms with Crippen molar-refractivity contribution >= 4 is 29.0 Å². The summed E-state index contributed by atoms with van der Waals surface area (Å²) in [7, 11) is 0. The second kappa shape index (κ2) is 10.1. The number of amides is 1. The van der Waals surface area contributed by atoms with Crippen LogP contribution in [0.3, 0.4) is 0 Å². The second-order valence-electron chi connectivity index (χ2n) is 8.66. The molecule has 2 aromatic carbocycles. The summed E-state index contributed by atoms with van der Waals surface area (Å²) >= 11 is 6.07. The lowest BCUT2D eigenvalue weighted by atomic mass is 10.1. The van der Waals surface area contributed by atoms with Crippen molar-refractivity contribution in [3.63, 3.8) is 0 Å². The quantitative estimate of drug-likeness (QED) is 0.378. The fourth-order valence-electron chi connectivity index (χ4n) is 4.09. The van der Waals surface area contributed by atoms with Gasteiger partial charge in [0.2, 0.25) is 5.91 Å². The van der Waals surface area contributed by atoms with Gasteiger partial charge in [0.25, 0.3) is 5.56 Å². The third kappa shape index (κ3) is 5.75. The van der Waals surface area contributed by atoms with Gasteiger partial charge in [-0.15, -0.1) is 5.10 Å². The molecule has 2 N–H and O–H groups in total. The first-order valence-electron chi connectivity index (χ1n) is 11.4. The van der Waals surface area contributed by atoms with E-state index in [1.165, 1.54) is 0 Å². The van der Waals surface area contributed by atoms with Crippen molar-refractivity contribution in [2.24, 2.45) is 5.92 Å². The van der Waals surface area contributed by atoms with E-state index >= 15 is 0 Å². The summed E-state index contributed by atoms with van der Waals surface area (Å²) in [5.74, 6) is 0.457. The largest absolute Gasteiger partial charge is 0.380 e. The molecule has 5 rings (SSSR count). The van der Waals surface area contributed by atoms with Crippen molar-refractivity contribution in [2.75, 3.05) is 10.6 Å². The standard InChI is InChI=1S/C27H24ClN5O2/c28-21-5-3-4-20(12-21)23-14-24(23)27(35)31-25-13-22(16-30-32-25)29-15-18-7-9-19(10-8-18)17-33-11-2-1-6-26(33)34/h1-13,16,23-24H,14-15,17H2,(H2,29,31,32,35)/t23-,24+/m0/s1. The average molecular weight is 486 g/mol. The van der Waals surface area contributed by atoms with Crippen molar-refractivity contribution in [3.8, 4) is 0 Å². The lowest BCUT2D eigenvalue weighted by Gasteiger charge is -2.10. The number of nitrogens with zero attached hydrogens (tertiary/aromatic N) is 3. The Morgan fingerprint density at radius 2 is 1.86 bits per heavy atom. The number of halogens is 1. The van der Waals surface area contributed by atoms with Gasteiger partial charge in [-0.05, 0) is 47.2 Å². The topological polar surface area (TPSA) is 88.9 Å². The third-order valence-electron chi connectivity index (χ3n) is 6.08. The molecule has 1 saturated carbocycles. The smallest absolute Gasteiger partial charge is 0.250 e. The maximum atomic E-state index is 12.7. The Balaban J connectivity index is 1.14. The number of hydrogen-bond donors (Lipinski definition) is 2. The van der Waals surface area contributed by atoms with Crippen molar-refractivity contribution < 1.29 is 4.79 Å². The van der Waals surface area contributed by atoms with Crippen molar-refractivity contribution in [1.82, 2.24) is 14.8 Å². The average Bonchev–Trinajstić information content (AvgIpc) is 3.67. The third-order valence-corrected chi connectivity index (χ3v) is 6.32. The Bertz CT molecular complexity index is 1400. The van der Waals surface area contributed by atoms with Crippen LogP contribution < -0.4 is 16.2 Å². The van der Waals surface area contributed by atoms with E-state index in [9.17, 15) is 9.59 Å². The van der Waals surface area contributed by atoms with Gasteiger partial charge in [0.15, 0.2) is 5.82 Å². The molecule has 0 unspecified atom stereocenters. The van der Waals surface area contributed by atoms with Crippen molar-refractivity contribution in [1.29, 1.82) is 0 Å². The molecule has 2 atom stereocenters. The number of rotatable bonds is 8. The predicted molar refractivity (Wildman–Crippen MR) is 137 cm³/mol. The lowest BCUT2D eigenvalue weighted by Crippen LogP contribution is -2.18. The molecule has 0 saturated heterocycles. The van der Waals surface area contributed by atoms with Crippen molar-refractivity contribution in [2.45, 2.75) is 25.4 Å². The highest BCUT2D eigenvalue weighted by molar-refractivity contribution is 6.30. The highest BCUT2D eigenvalue weighted by Gasteiger charge is 2.44. The van der Waals surface area contributed by atoms with Crippen LogP contribution in [0.5, 0.6) is 0 Å². The molecule has 1 amide bonds. The number of pyridine rings is 1. The summed E-state index contributed by atoms with van der Waals surface area (Å²) in [5.41, 5.74) is 3.96. The Morgan fingerprint density at radius 1 is 1.03 bits per heavy atom. The van der Waals surface area contributed by atoms with Crippen LogP contribution in [0.4, 0.5) is 11.5 Å². The van der Waals surface area contributed by atoms with E-state index in [-0.39, 0.29) is 23.3 Å². The van der Waals surface area contributed by atoms with E-state index in [0.717, 1.165) is 28.8 Å². The van der Waals surface area contributed by atoms with E-state index < -0.39 is 0 Å². The summed E-state index contributed by atoms with van der Waals surface area (Å²) in [5, 5.41) is 14.9. The molecule has 4 aromatic rings. The first-order valence-corrected chi connectivity index (χ1v) is 11.8. The first-order chi connectivity index (χ1) is 17.0. The number of benzene rings is 2. The fraction of sp³-hybridized carbons (Fsp3) is 0.185. The minimum atomic E-state index is -0.0860. The molecule has 0 spiro atoms. The Hall–Kier alpha value is -3.97. The Kier molecular flexibility index (Phi) is 6.59. The molecule has 7 nitrogen and oxygen atoms in total. The molecule has 1 aliphatic rings. The van der Waals surface area contributed by atoms with Crippen LogP contribution in [0.2, 0.25) is 5.02 Å². The lowest BCUT2D eigenvalue weighted by molar-refractivity contribution is -0.117. The van der Waals surface area contributed by atoms with E-state index in [4.69, 9.17) is 11.6 Å². The number of aromatic nitrogens is 3. The minimum absolute atomic E-state index is 0.0204. The zero-order valence-corrected chi connectivity index (χ0v) is 19.7. The zero-order chi connectivity index (χ0) is 24.2. The van der Waals surface area contributed by atoms with Crippen LogP contribution in [-0.4, -0.2) is 20.7 Å². The molecule has 176 valence electrons. The number of carbonyl (C=O) groups excluding carboxylic acids is 1. The molecule has 1 aliphatic carbocycles. The van der Waals surface area contributed by atoms with E-state index in [1.807, 2.05) is 54.6 Å². The molecular weight excluding hydrogens is 462 g/mol. The maximum Gasteiger partial charge on any atom is 0.250 e. The predicted octanol–water partition coefficient (Wildman–Crippen LogP) is 4.69. The molecule has 0 bridgehead atoms. The van der Waals surface area contributed by atoms with Gasteiger partial charge in [0.1, 0.15) is 0 Å². The molecule has 0 aliphatic heterocycles. The molecule has 1 fully saturated rings. The Labute approximate surface area is 207 Å². The summed E-state index contributed by atoms with van der Waals surface area (Å²) in [6, 6.07) is 22.6. The van der Waals surface area contributed by atoms with Crippen molar-refractivity contribution in [3.05, 3.63) is 117 Å². The van der Waals surface area contributed by atoms with E-state index in [1.54, 1.807) is 35.2 Å². The molecular formula is C27H24ClN5O2. The van der Waals surface area contributed by atoms with Gasteiger partial charge in [-0.3, -0.25) is 9.59 Å². The Morgan fingerprint density at radius 3 is 2.66 bits per heavy atom. The molecule has 2 aromatic heterocycles. The summed E-state index contributed by atoms with van der Waals surface area (Å²) in [6.07, 6.45) is 4.20. The van der Waals surface area contributed by atoms with Crippen LogP contribution in [0.1, 0.15) is 29.0 Å².